The predicted molar refractivity (Wildman–Crippen MR) is 139 cm³/mol. The van der Waals surface area contributed by atoms with Crippen molar-refractivity contribution in [3.05, 3.63) is 51.6 Å². The van der Waals surface area contributed by atoms with Gasteiger partial charge in [0.1, 0.15) is 11.5 Å². The number of carbonyl (C=O) groups excluding carboxylic acids is 1. The Hall–Kier alpha value is -2.51. The minimum Gasteiger partial charge on any atom is -0.479 e. The molecular weight excluding hydrogens is 483 g/mol. The Bertz CT molecular complexity index is 1160. The van der Waals surface area contributed by atoms with Gasteiger partial charge in [-0.15, -0.1) is 0 Å². The molecule has 0 spiro atoms. The number of ether oxygens (including phenoxy) is 1. The largest absolute Gasteiger partial charge is 0.479 e. The maximum absolute atomic E-state index is 15.2. The Labute approximate surface area is 217 Å². The number of carboxylic acids is 1. The van der Waals surface area contributed by atoms with Crippen LogP contribution in [0.1, 0.15) is 93.7 Å². The zero-order valence-electron chi connectivity index (χ0n) is 22.1. The lowest BCUT2D eigenvalue weighted by molar-refractivity contribution is -0.160. The summed E-state index contributed by atoms with van der Waals surface area (Å²) in [4.78, 5) is 30.3. The molecule has 2 aromatic rings. The first-order valence-electron chi connectivity index (χ1n) is 12.3. The number of nitrogens with one attached hydrogen (secondary N) is 1. The molecule has 8 heteroatoms. The smallest absolute Gasteiger partial charge is 0.337 e. The van der Waals surface area contributed by atoms with E-state index in [4.69, 9.17) is 16.3 Å². The molecule has 0 aliphatic heterocycles. The van der Waals surface area contributed by atoms with Crippen LogP contribution in [0.4, 0.5) is 4.39 Å². The molecule has 3 rings (SSSR count). The fourth-order valence-corrected chi connectivity index (χ4v) is 4.94. The van der Waals surface area contributed by atoms with Crippen LogP contribution in [0, 0.1) is 25.1 Å². The van der Waals surface area contributed by atoms with E-state index in [1.54, 1.807) is 34.6 Å². The minimum absolute atomic E-state index is 0.0263. The molecule has 0 unspecified atom stereocenters. The number of hydrogen-bond donors (Lipinski definition) is 2. The van der Waals surface area contributed by atoms with Gasteiger partial charge in [0.15, 0.2) is 6.10 Å². The van der Waals surface area contributed by atoms with E-state index < -0.39 is 23.5 Å². The number of hydrogen-bond acceptors (Lipinski definition) is 4. The van der Waals surface area contributed by atoms with Crippen molar-refractivity contribution < 1.29 is 23.8 Å². The van der Waals surface area contributed by atoms with E-state index in [2.05, 4.69) is 24.1 Å². The molecule has 0 bridgehead atoms. The van der Waals surface area contributed by atoms with Gasteiger partial charge in [0, 0.05) is 27.9 Å². The van der Waals surface area contributed by atoms with Gasteiger partial charge in [-0.05, 0) is 95.0 Å². The number of halogens is 2. The van der Waals surface area contributed by atoms with E-state index in [0.717, 1.165) is 25.7 Å². The summed E-state index contributed by atoms with van der Waals surface area (Å²) in [5.41, 5.74) is 0.900. The summed E-state index contributed by atoms with van der Waals surface area (Å²) < 4.78 is 21.1. The zero-order valence-corrected chi connectivity index (χ0v) is 22.8. The van der Waals surface area contributed by atoms with Gasteiger partial charge >= 0.3 is 5.97 Å². The summed E-state index contributed by atoms with van der Waals surface area (Å²) in [6, 6.07) is 4.21. The Morgan fingerprint density at radius 3 is 2.36 bits per heavy atom. The number of amides is 1. The van der Waals surface area contributed by atoms with E-state index >= 15 is 4.39 Å². The van der Waals surface area contributed by atoms with Crippen LogP contribution in [-0.4, -0.2) is 33.6 Å². The summed E-state index contributed by atoms with van der Waals surface area (Å²) in [5, 5.41) is 13.4. The van der Waals surface area contributed by atoms with Crippen LogP contribution in [0.2, 0.25) is 5.02 Å². The highest BCUT2D eigenvalue weighted by atomic mass is 35.5. The zero-order chi connectivity index (χ0) is 27.0. The molecule has 6 nitrogen and oxygen atoms in total. The fraction of sp³-hybridized carbons (Fsp3) is 0.536. The third-order valence-electron chi connectivity index (χ3n) is 6.72. The SMILES string of the molecule is Cc1nc(C(=O)NC2CCC(C)(C)CC2)c(C)c(-c2ccc(Cl)cc2F)c1[C@H](OC(C)(C)C)C(=O)O. The topological polar surface area (TPSA) is 88.5 Å². The van der Waals surface area contributed by atoms with Gasteiger partial charge in [-0.2, -0.15) is 0 Å². The quantitative estimate of drug-likeness (QED) is 0.439. The molecule has 1 aromatic carbocycles. The third-order valence-corrected chi connectivity index (χ3v) is 6.95. The van der Waals surface area contributed by atoms with Crippen LogP contribution in [0.5, 0.6) is 0 Å². The number of benzene rings is 1. The van der Waals surface area contributed by atoms with Gasteiger partial charge in [-0.1, -0.05) is 25.4 Å². The maximum atomic E-state index is 15.2. The van der Waals surface area contributed by atoms with Crippen molar-refractivity contribution in [2.45, 2.75) is 91.9 Å². The second-order valence-corrected chi connectivity index (χ2v) is 11.9. The number of carboxylic acid groups (broad SMARTS) is 1. The van der Waals surface area contributed by atoms with Crippen LogP contribution in [0.25, 0.3) is 11.1 Å². The highest BCUT2D eigenvalue weighted by molar-refractivity contribution is 6.30. The highest BCUT2D eigenvalue weighted by Crippen LogP contribution is 2.40. The van der Waals surface area contributed by atoms with Crippen LogP contribution in [0.3, 0.4) is 0 Å². The lowest BCUT2D eigenvalue weighted by atomic mass is 9.75. The molecule has 1 heterocycles. The molecule has 0 saturated heterocycles. The van der Waals surface area contributed by atoms with Crippen molar-refractivity contribution in [2.24, 2.45) is 5.41 Å². The van der Waals surface area contributed by atoms with E-state index in [1.807, 2.05) is 0 Å². The number of carbonyl (C=O) groups is 2. The number of aromatic nitrogens is 1. The predicted octanol–water partition coefficient (Wildman–Crippen LogP) is 6.80. The highest BCUT2D eigenvalue weighted by Gasteiger charge is 2.35. The van der Waals surface area contributed by atoms with E-state index in [9.17, 15) is 14.7 Å². The van der Waals surface area contributed by atoms with Gasteiger partial charge < -0.3 is 15.2 Å². The second kappa shape index (κ2) is 10.5. The van der Waals surface area contributed by atoms with Crippen molar-refractivity contribution in [1.82, 2.24) is 10.3 Å². The lowest BCUT2D eigenvalue weighted by Gasteiger charge is -2.34. The monoisotopic (exact) mass is 518 g/mol. The normalized spacial score (nSPS) is 17.0. The summed E-state index contributed by atoms with van der Waals surface area (Å²) in [7, 11) is 0. The van der Waals surface area contributed by atoms with E-state index in [-0.39, 0.29) is 50.5 Å². The van der Waals surface area contributed by atoms with Crippen molar-refractivity contribution in [2.75, 3.05) is 0 Å². The second-order valence-electron chi connectivity index (χ2n) is 11.4. The molecule has 36 heavy (non-hydrogen) atoms. The Morgan fingerprint density at radius 2 is 1.83 bits per heavy atom. The number of nitrogens with zero attached hydrogens (tertiary/aromatic N) is 1. The van der Waals surface area contributed by atoms with Crippen LogP contribution >= 0.6 is 11.6 Å². The number of aliphatic carboxylic acids is 1. The Balaban J connectivity index is 2.15. The standard InChI is InChI=1S/C28H36ClFN2O4/c1-15-21(19-9-8-17(29)14-20(19)30)22(24(26(34)35)36-27(3,4)5)16(2)31-23(15)25(33)32-18-10-12-28(6,7)13-11-18/h8-9,14,18,24H,10-13H2,1-7H3,(H,32,33)(H,34,35)/t24-/m0/s1. The van der Waals surface area contributed by atoms with Crippen LogP contribution in [-0.2, 0) is 9.53 Å². The molecule has 1 fully saturated rings. The summed E-state index contributed by atoms with van der Waals surface area (Å²) in [6.45, 7) is 13.0. The average Bonchev–Trinajstić information content (AvgIpc) is 2.74. The molecule has 1 atom stereocenters. The van der Waals surface area contributed by atoms with Crippen molar-refractivity contribution in [1.29, 1.82) is 0 Å². The Kier molecular flexibility index (Phi) is 8.16. The summed E-state index contributed by atoms with van der Waals surface area (Å²) in [5.74, 6) is -2.21. The first kappa shape index (κ1) is 28.1. The fourth-order valence-electron chi connectivity index (χ4n) is 4.78. The maximum Gasteiger partial charge on any atom is 0.337 e. The summed E-state index contributed by atoms with van der Waals surface area (Å²) in [6.07, 6.45) is 2.34. The molecule has 1 aliphatic rings. The Morgan fingerprint density at radius 1 is 1.22 bits per heavy atom. The molecule has 1 amide bonds. The van der Waals surface area contributed by atoms with Gasteiger partial charge in [-0.3, -0.25) is 4.79 Å². The first-order chi connectivity index (χ1) is 16.6. The molecule has 1 aromatic heterocycles. The van der Waals surface area contributed by atoms with Crippen LogP contribution in [0.15, 0.2) is 18.2 Å². The number of rotatable bonds is 6. The van der Waals surface area contributed by atoms with Gasteiger partial charge in [0.05, 0.1) is 5.60 Å². The van der Waals surface area contributed by atoms with Crippen LogP contribution < -0.4 is 5.32 Å². The third kappa shape index (κ3) is 6.43. The van der Waals surface area contributed by atoms with Crippen molar-refractivity contribution in [3.8, 4) is 11.1 Å². The molecule has 1 aliphatic carbocycles. The number of aryl methyl sites for hydroxylation is 1. The molecule has 2 N–H and O–H groups in total. The molecule has 1 saturated carbocycles. The van der Waals surface area contributed by atoms with Crippen molar-refractivity contribution >= 4 is 23.5 Å². The summed E-state index contributed by atoms with van der Waals surface area (Å²) >= 11 is 5.99. The van der Waals surface area contributed by atoms with E-state index in [1.165, 1.54) is 18.2 Å². The van der Waals surface area contributed by atoms with Gasteiger partial charge in [0.25, 0.3) is 5.91 Å². The molecule has 196 valence electrons. The van der Waals surface area contributed by atoms with E-state index in [0.29, 0.717) is 5.56 Å². The van der Waals surface area contributed by atoms with Gasteiger partial charge in [-0.25, -0.2) is 14.2 Å². The molecular formula is C28H36ClFN2O4. The lowest BCUT2D eigenvalue weighted by Crippen LogP contribution is -2.40. The van der Waals surface area contributed by atoms with Crippen molar-refractivity contribution in [3.63, 3.8) is 0 Å². The number of pyridine rings is 1. The molecule has 0 radical (unpaired) electrons. The average molecular weight is 519 g/mol. The van der Waals surface area contributed by atoms with Gasteiger partial charge in [0.2, 0.25) is 0 Å². The minimum atomic E-state index is -1.42. The first-order valence-corrected chi connectivity index (χ1v) is 12.7.